The molecule has 0 radical (unpaired) electrons. The molecule has 0 heterocycles. The van der Waals surface area contributed by atoms with Crippen LogP contribution in [0.4, 0.5) is 0 Å². The molecule has 1 atom stereocenters. The fraction of sp³-hybridized carbons (Fsp3) is 0.467. The summed E-state index contributed by atoms with van der Waals surface area (Å²) in [6.07, 6.45) is 1.57. The van der Waals surface area contributed by atoms with Crippen LogP contribution in [-0.4, -0.2) is 24.9 Å². The molecule has 2 amide bonds. The average Bonchev–Trinajstić information content (AvgIpc) is 2.46. The van der Waals surface area contributed by atoms with E-state index < -0.39 is 0 Å². The Morgan fingerprint density at radius 1 is 1.15 bits per heavy atom. The molecule has 0 aromatic heterocycles. The molecule has 0 aliphatic heterocycles. The van der Waals surface area contributed by atoms with Crippen LogP contribution in [0, 0.1) is 5.92 Å². The Balaban J connectivity index is 2.20. The van der Waals surface area contributed by atoms with Gasteiger partial charge in [0, 0.05) is 29.0 Å². The molecule has 5 heteroatoms. The largest absolute Gasteiger partial charge is 0.356 e. The van der Waals surface area contributed by atoms with Crippen molar-refractivity contribution in [2.75, 3.05) is 13.1 Å². The molecule has 0 saturated heterocycles. The van der Waals surface area contributed by atoms with Crippen LogP contribution < -0.4 is 10.6 Å². The number of benzene rings is 1. The zero-order valence-corrected chi connectivity index (χ0v) is 13.5. The number of hydrogen-bond acceptors (Lipinski definition) is 2. The van der Waals surface area contributed by atoms with Gasteiger partial charge in [0.05, 0.1) is 0 Å². The molecule has 2 N–H and O–H groups in total. The number of rotatable bonds is 7. The van der Waals surface area contributed by atoms with Crippen LogP contribution in [-0.2, 0) is 4.79 Å². The number of hydrogen-bond donors (Lipinski definition) is 2. The lowest BCUT2D eigenvalue weighted by Crippen LogP contribution is -2.32. The van der Waals surface area contributed by atoms with Crippen LogP contribution in [0.2, 0.25) is 0 Å². The molecular formula is C15H21BrN2O2. The zero-order chi connectivity index (χ0) is 15.0. The van der Waals surface area contributed by atoms with Gasteiger partial charge in [-0.3, -0.25) is 9.59 Å². The second-order valence-electron chi connectivity index (χ2n) is 4.72. The predicted molar refractivity (Wildman–Crippen MR) is 83.6 cm³/mol. The molecule has 20 heavy (non-hydrogen) atoms. The third kappa shape index (κ3) is 5.74. The molecule has 1 aromatic rings. The van der Waals surface area contributed by atoms with E-state index in [2.05, 4.69) is 26.6 Å². The molecule has 0 spiro atoms. The lowest BCUT2D eigenvalue weighted by atomic mass is 10.1. The SMILES string of the molecule is CC[C@@H](C)C(=O)NCCCNC(=O)c1ccc(Br)cc1. The second kappa shape index (κ2) is 8.74. The smallest absolute Gasteiger partial charge is 0.251 e. The molecule has 0 saturated carbocycles. The first kappa shape index (κ1) is 16.7. The summed E-state index contributed by atoms with van der Waals surface area (Å²) < 4.78 is 0.946. The van der Waals surface area contributed by atoms with Crippen molar-refractivity contribution in [3.63, 3.8) is 0 Å². The van der Waals surface area contributed by atoms with Crippen molar-refractivity contribution in [2.45, 2.75) is 26.7 Å². The first-order valence-corrected chi connectivity index (χ1v) is 7.65. The number of amides is 2. The fourth-order valence-electron chi connectivity index (χ4n) is 1.56. The molecule has 0 aliphatic rings. The molecule has 0 fully saturated rings. The van der Waals surface area contributed by atoms with Gasteiger partial charge in [-0.2, -0.15) is 0 Å². The standard InChI is InChI=1S/C15H21BrN2O2/c1-3-11(2)14(19)17-9-4-10-18-15(20)12-5-7-13(16)8-6-12/h5-8,11H,3-4,9-10H2,1-2H3,(H,17,19)(H,18,20)/t11-/m1/s1. The summed E-state index contributed by atoms with van der Waals surface area (Å²) in [5.41, 5.74) is 0.636. The minimum atomic E-state index is -0.0919. The van der Waals surface area contributed by atoms with Crippen molar-refractivity contribution < 1.29 is 9.59 Å². The molecular weight excluding hydrogens is 320 g/mol. The van der Waals surface area contributed by atoms with Crippen LogP contribution in [0.15, 0.2) is 28.7 Å². The minimum absolute atomic E-state index is 0.0485. The Morgan fingerprint density at radius 2 is 1.75 bits per heavy atom. The lowest BCUT2D eigenvalue weighted by molar-refractivity contribution is -0.124. The number of halogens is 1. The van der Waals surface area contributed by atoms with Crippen molar-refractivity contribution in [1.82, 2.24) is 10.6 Å². The summed E-state index contributed by atoms with van der Waals surface area (Å²) in [5.74, 6) is 0.0323. The summed E-state index contributed by atoms with van der Waals surface area (Å²) in [5, 5.41) is 5.69. The Labute approximate surface area is 128 Å². The first-order valence-electron chi connectivity index (χ1n) is 6.86. The van der Waals surface area contributed by atoms with E-state index in [-0.39, 0.29) is 17.7 Å². The van der Waals surface area contributed by atoms with Crippen molar-refractivity contribution in [3.05, 3.63) is 34.3 Å². The summed E-state index contributed by atoms with van der Waals surface area (Å²) in [4.78, 5) is 23.3. The average molecular weight is 341 g/mol. The van der Waals surface area contributed by atoms with Gasteiger partial charge in [0.25, 0.3) is 5.91 Å². The van der Waals surface area contributed by atoms with E-state index in [4.69, 9.17) is 0 Å². The topological polar surface area (TPSA) is 58.2 Å². The highest BCUT2D eigenvalue weighted by Gasteiger charge is 2.09. The monoisotopic (exact) mass is 340 g/mol. The number of nitrogens with one attached hydrogen (secondary N) is 2. The summed E-state index contributed by atoms with van der Waals surface area (Å²) >= 11 is 3.33. The first-order chi connectivity index (χ1) is 9.54. The Bertz CT molecular complexity index is 446. The van der Waals surface area contributed by atoms with Crippen molar-refractivity contribution in [3.8, 4) is 0 Å². The Hall–Kier alpha value is -1.36. The van der Waals surface area contributed by atoms with Gasteiger partial charge in [0.15, 0.2) is 0 Å². The number of carbonyl (C=O) groups excluding carboxylic acids is 2. The van der Waals surface area contributed by atoms with Crippen LogP contribution >= 0.6 is 15.9 Å². The molecule has 1 rings (SSSR count). The number of carbonyl (C=O) groups is 2. The van der Waals surface area contributed by atoms with Gasteiger partial charge in [-0.25, -0.2) is 0 Å². The van der Waals surface area contributed by atoms with Gasteiger partial charge in [-0.1, -0.05) is 29.8 Å². The highest BCUT2D eigenvalue weighted by atomic mass is 79.9. The maximum Gasteiger partial charge on any atom is 0.251 e. The van der Waals surface area contributed by atoms with Gasteiger partial charge in [0.2, 0.25) is 5.91 Å². The Morgan fingerprint density at radius 3 is 2.35 bits per heavy atom. The third-order valence-corrected chi connectivity index (χ3v) is 3.63. The van der Waals surface area contributed by atoms with Gasteiger partial charge in [-0.05, 0) is 37.1 Å². The van der Waals surface area contributed by atoms with E-state index in [9.17, 15) is 9.59 Å². The summed E-state index contributed by atoms with van der Waals surface area (Å²) in [7, 11) is 0. The second-order valence-corrected chi connectivity index (χ2v) is 5.63. The van der Waals surface area contributed by atoms with Gasteiger partial charge in [0.1, 0.15) is 0 Å². The quantitative estimate of drug-likeness (QED) is 0.750. The lowest BCUT2D eigenvalue weighted by Gasteiger charge is -2.10. The molecule has 110 valence electrons. The summed E-state index contributed by atoms with van der Waals surface area (Å²) in [6, 6.07) is 7.21. The highest BCUT2D eigenvalue weighted by Crippen LogP contribution is 2.10. The molecule has 0 bridgehead atoms. The predicted octanol–water partition coefficient (Wildman–Crippen LogP) is 2.73. The van der Waals surface area contributed by atoms with Gasteiger partial charge in [-0.15, -0.1) is 0 Å². The van der Waals surface area contributed by atoms with Crippen molar-refractivity contribution >= 4 is 27.7 Å². The highest BCUT2D eigenvalue weighted by molar-refractivity contribution is 9.10. The van der Waals surface area contributed by atoms with Crippen molar-refractivity contribution in [2.24, 2.45) is 5.92 Å². The summed E-state index contributed by atoms with van der Waals surface area (Å²) in [6.45, 7) is 5.03. The van der Waals surface area contributed by atoms with E-state index in [1.54, 1.807) is 12.1 Å². The van der Waals surface area contributed by atoms with E-state index in [0.717, 1.165) is 17.3 Å². The van der Waals surface area contributed by atoms with Crippen LogP contribution in [0.25, 0.3) is 0 Å². The van der Waals surface area contributed by atoms with Crippen LogP contribution in [0.3, 0.4) is 0 Å². The zero-order valence-electron chi connectivity index (χ0n) is 11.9. The third-order valence-electron chi connectivity index (χ3n) is 3.10. The van der Waals surface area contributed by atoms with E-state index in [0.29, 0.717) is 18.7 Å². The normalized spacial score (nSPS) is 11.8. The van der Waals surface area contributed by atoms with Crippen LogP contribution in [0.5, 0.6) is 0 Å². The minimum Gasteiger partial charge on any atom is -0.356 e. The molecule has 4 nitrogen and oxygen atoms in total. The van der Waals surface area contributed by atoms with E-state index in [1.165, 1.54) is 0 Å². The maximum atomic E-state index is 11.8. The maximum absolute atomic E-state index is 11.8. The van der Waals surface area contributed by atoms with Gasteiger partial charge < -0.3 is 10.6 Å². The Kier molecular flexibility index (Phi) is 7.30. The van der Waals surface area contributed by atoms with E-state index >= 15 is 0 Å². The molecule has 0 unspecified atom stereocenters. The van der Waals surface area contributed by atoms with E-state index in [1.807, 2.05) is 26.0 Å². The van der Waals surface area contributed by atoms with Crippen LogP contribution in [0.1, 0.15) is 37.0 Å². The molecule has 0 aliphatic carbocycles. The molecule has 1 aromatic carbocycles. The fourth-order valence-corrected chi connectivity index (χ4v) is 1.83. The van der Waals surface area contributed by atoms with Gasteiger partial charge >= 0.3 is 0 Å². The van der Waals surface area contributed by atoms with Crippen molar-refractivity contribution in [1.29, 1.82) is 0 Å².